The van der Waals surface area contributed by atoms with Crippen LogP contribution in [0.1, 0.15) is 20.3 Å². The van der Waals surface area contributed by atoms with Gasteiger partial charge in [-0.25, -0.2) is 4.98 Å². The van der Waals surface area contributed by atoms with Gasteiger partial charge in [0.25, 0.3) is 0 Å². The first kappa shape index (κ1) is 15.4. The summed E-state index contributed by atoms with van der Waals surface area (Å²) in [5, 5.41) is 0. The molecule has 4 heteroatoms. The van der Waals surface area contributed by atoms with Crippen LogP contribution in [0.4, 0.5) is 0 Å². The van der Waals surface area contributed by atoms with E-state index in [1.54, 1.807) is 7.11 Å². The summed E-state index contributed by atoms with van der Waals surface area (Å²) in [5.74, 6) is 2.95. The fraction of sp³-hybridized carbons (Fsp3) is 0.316. The average molecular weight is 310 g/mol. The van der Waals surface area contributed by atoms with E-state index in [0.29, 0.717) is 12.5 Å². The summed E-state index contributed by atoms with van der Waals surface area (Å²) in [4.78, 5) is 7.98. The molecule has 0 unspecified atom stereocenters. The molecular weight excluding hydrogens is 288 g/mol. The van der Waals surface area contributed by atoms with Gasteiger partial charge in [-0.05, 0) is 42.7 Å². The van der Waals surface area contributed by atoms with Gasteiger partial charge in [0.15, 0.2) is 11.5 Å². The Morgan fingerprint density at radius 2 is 1.91 bits per heavy atom. The number of benzene rings is 2. The van der Waals surface area contributed by atoms with Crippen LogP contribution >= 0.6 is 0 Å². The summed E-state index contributed by atoms with van der Waals surface area (Å²) in [6, 6.07) is 13.9. The van der Waals surface area contributed by atoms with Crippen molar-refractivity contribution in [1.29, 1.82) is 0 Å². The molecule has 0 aliphatic rings. The van der Waals surface area contributed by atoms with Crippen molar-refractivity contribution in [1.82, 2.24) is 9.97 Å². The molecule has 4 nitrogen and oxygen atoms in total. The molecule has 0 amide bonds. The van der Waals surface area contributed by atoms with Crippen molar-refractivity contribution < 1.29 is 9.47 Å². The molecular formula is C19H22N2O2. The van der Waals surface area contributed by atoms with Gasteiger partial charge in [-0.1, -0.05) is 26.0 Å². The summed E-state index contributed by atoms with van der Waals surface area (Å²) in [6.45, 7) is 5.05. The van der Waals surface area contributed by atoms with Crippen molar-refractivity contribution in [2.45, 2.75) is 20.3 Å². The maximum atomic E-state index is 5.91. The third-order valence-corrected chi connectivity index (χ3v) is 3.78. The number of hydrogen-bond acceptors (Lipinski definition) is 3. The number of aromatic amines is 1. The lowest BCUT2D eigenvalue weighted by Gasteiger charge is -2.12. The molecule has 0 aliphatic heterocycles. The lowest BCUT2D eigenvalue weighted by Crippen LogP contribution is -2.02. The normalized spacial score (nSPS) is 11.1. The van der Waals surface area contributed by atoms with E-state index in [0.717, 1.165) is 40.3 Å². The van der Waals surface area contributed by atoms with E-state index in [9.17, 15) is 0 Å². The Morgan fingerprint density at radius 1 is 1.09 bits per heavy atom. The zero-order chi connectivity index (χ0) is 16.2. The predicted octanol–water partition coefficient (Wildman–Crippen LogP) is 4.66. The van der Waals surface area contributed by atoms with E-state index in [1.807, 2.05) is 42.5 Å². The molecule has 1 aromatic heterocycles. The number of rotatable bonds is 6. The molecule has 1 heterocycles. The van der Waals surface area contributed by atoms with Crippen LogP contribution < -0.4 is 9.47 Å². The first-order valence-corrected chi connectivity index (χ1v) is 7.93. The van der Waals surface area contributed by atoms with Crippen molar-refractivity contribution in [3.05, 3.63) is 42.5 Å². The second-order valence-corrected chi connectivity index (χ2v) is 6.00. The Kier molecular flexibility index (Phi) is 4.51. The Morgan fingerprint density at radius 3 is 2.65 bits per heavy atom. The number of fused-ring (bicyclic) bond motifs is 1. The topological polar surface area (TPSA) is 47.1 Å². The Balaban J connectivity index is 1.90. The highest BCUT2D eigenvalue weighted by atomic mass is 16.5. The summed E-state index contributed by atoms with van der Waals surface area (Å²) < 4.78 is 11.3. The highest BCUT2D eigenvalue weighted by Gasteiger charge is 2.10. The second-order valence-electron chi connectivity index (χ2n) is 6.00. The summed E-state index contributed by atoms with van der Waals surface area (Å²) in [5.41, 5.74) is 2.97. The number of hydrogen-bond donors (Lipinski definition) is 1. The smallest absolute Gasteiger partial charge is 0.161 e. The first-order valence-electron chi connectivity index (χ1n) is 7.93. The van der Waals surface area contributed by atoms with Crippen LogP contribution in [0.5, 0.6) is 11.5 Å². The monoisotopic (exact) mass is 310 g/mol. The molecule has 0 spiro atoms. The molecule has 0 saturated heterocycles. The molecule has 3 rings (SSSR count). The summed E-state index contributed by atoms with van der Waals surface area (Å²) >= 11 is 0. The number of para-hydroxylation sites is 2. The zero-order valence-corrected chi connectivity index (χ0v) is 13.8. The highest BCUT2D eigenvalue weighted by molar-refractivity contribution is 5.79. The third-order valence-electron chi connectivity index (χ3n) is 3.78. The fourth-order valence-electron chi connectivity index (χ4n) is 2.43. The van der Waals surface area contributed by atoms with Crippen molar-refractivity contribution in [2.24, 2.45) is 5.92 Å². The van der Waals surface area contributed by atoms with Gasteiger partial charge >= 0.3 is 0 Å². The van der Waals surface area contributed by atoms with Crippen molar-refractivity contribution in [2.75, 3.05) is 13.7 Å². The molecule has 0 fully saturated rings. The lowest BCUT2D eigenvalue weighted by atomic mass is 10.1. The molecule has 0 aliphatic carbocycles. The van der Waals surface area contributed by atoms with Crippen LogP contribution in [0.15, 0.2) is 42.5 Å². The number of nitrogens with one attached hydrogen (secondary N) is 1. The Hall–Kier alpha value is -2.49. The van der Waals surface area contributed by atoms with Gasteiger partial charge in [0.05, 0.1) is 24.8 Å². The van der Waals surface area contributed by atoms with Crippen molar-refractivity contribution in [3.63, 3.8) is 0 Å². The lowest BCUT2D eigenvalue weighted by molar-refractivity contribution is 0.273. The number of ether oxygens (including phenoxy) is 2. The predicted molar refractivity (Wildman–Crippen MR) is 93.0 cm³/mol. The Bertz CT molecular complexity index is 760. The minimum absolute atomic E-state index is 0.611. The first-order chi connectivity index (χ1) is 11.2. The number of imidazole rings is 1. The van der Waals surface area contributed by atoms with Crippen molar-refractivity contribution >= 4 is 11.0 Å². The zero-order valence-electron chi connectivity index (χ0n) is 13.8. The summed E-state index contributed by atoms with van der Waals surface area (Å²) in [7, 11) is 1.66. The third kappa shape index (κ3) is 3.47. The van der Waals surface area contributed by atoms with E-state index in [-0.39, 0.29) is 0 Å². The van der Waals surface area contributed by atoms with Gasteiger partial charge in [-0.3, -0.25) is 0 Å². The van der Waals surface area contributed by atoms with E-state index >= 15 is 0 Å². The van der Waals surface area contributed by atoms with Crippen LogP contribution in [-0.2, 0) is 0 Å². The summed E-state index contributed by atoms with van der Waals surface area (Å²) in [6.07, 6.45) is 1.01. The van der Waals surface area contributed by atoms with Gasteiger partial charge in [-0.15, -0.1) is 0 Å². The van der Waals surface area contributed by atoms with Crippen LogP contribution in [0.25, 0.3) is 22.4 Å². The van der Waals surface area contributed by atoms with Crippen molar-refractivity contribution in [3.8, 4) is 22.9 Å². The molecule has 0 bridgehead atoms. The maximum Gasteiger partial charge on any atom is 0.161 e. The average Bonchev–Trinajstić information content (AvgIpc) is 2.98. The number of H-pyrrole nitrogens is 1. The van der Waals surface area contributed by atoms with E-state index in [2.05, 4.69) is 23.8 Å². The molecule has 1 N–H and O–H groups in total. The van der Waals surface area contributed by atoms with Crippen LogP contribution in [0, 0.1) is 5.92 Å². The van der Waals surface area contributed by atoms with Crippen LogP contribution in [0.3, 0.4) is 0 Å². The van der Waals surface area contributed by atoms with Crippen LogP contribution in [-0.4, -0.2) is 23.7 Å². The van der Waals surface area contributed by atoms with Gasteiger partial charge < -0.3 is 14.5 Å². The van der Waals surface area contributed by atoms with Gasteiger partial charge in [0, 0.05) is 5.56 Å². The highest BCUT2D eigenvalue weighted by Crippen LogP contribution is 2.32. The minimum atomic E-state index is 0.611. The fourth-order valence-corrected chi connectivity index (χ4v) is 2.43. The number of methoxy groups -OCH3 is 1. The molecule has 0 saturated carbocycles. The molecule has 23 heavy (non-hydrogen) atoms. The number of aromatic nitrogens is 2. The SMILES string of the molecule is COc1ccc(-c2nc3ccccc3[nH]2)cc1OCCC(C)C. The quantitative estimate of drug-likeness (QED) is 0.720. The minimum Gasteiger partial charge on any atom is -0.493 e. The standard InChI is InChI=1S/C19H22N2O2/c1-13(2)10-11-23-18-12-14(8-9-17(18)22-3)19-20-15-6-4-5-7-16(15)21-19/h4-9,12-13H,10-11H2,1-3H3,(H,20,21). The maximum absolute atomic E-state index is 5.91. The molecule has 120 valence electrons. The van der Waals surface area contributed by atoms with Gasteiger partial charge in [0.2, 0.25) is 0 Å². The molecule has 0 radical (unpaired) electrons. The van der Waals surface area contributed by atoms with E-state index in [4.69, 9.17) is 9.47 Å². The Labute approximate surface area is 136 Å². The van der Waals surface area contributed by atoms with E-state index in [1.165, 1.54) is 0 Å². The van der Waals surface area contributed by atoms with Gasteiger partial charge in [-0.2, -0.15) is 0 Å². The van der Waals surface area contributed by atoms with Gasteiger partial charge in [0.1, 0.15) is 5.82 Å². The molecule has 0 atom stereocenters. The molecule has 3 aromatic rings. The largest absolute Gasteiger partial charge is 0.493 e. The molecule has 2 aromatic carbocycles. The van der Waals surface area contributed by atoms with E-state index < -0.39 is 0 Å². The second kappa shape index (κ2) is 6.73. The number of nitrogens with zero attached hydrogens (tertiary/aromatic N) is 1. The van der Waals surface area contributed by atoms with Crippen LogP contribution in [0.2, 0.25) is 0 Å².